The minimum atomic E-state index is -4.78. The third-order valence-corrected chi connectivity index (χ3v) is 4.35. The molecule has 0 spiro atoms. The summed E-state index contributed by atoms with van der Waals surface area (Å²) in [5.41, 5.74) is -1.07. The van der Waals surface area contributed by atoms with Crippen molar-refractivity contribution < 1.29 is 17.6 Å². The summed E-state index contributed by atoms with van der Waals surface area (Å²) < 4.78 is 54.3. The molecule has 0 aliphatic rings. The van der Waals surface area contributed by atoms with Crippen LogP contribution in [0.2, 0.25) is 0 Å². The lowest BCUT2D eigenvalue weighted by Crippen LogP contribution is -2.08. The van der Waals surface area contributed by atoms with Crippen LogP contribution in [-0.4, -0.2) is 24.8 Å². The van der Waals surface area contributed by atoms with Crippen molar-refractivity contribution >= 4 is 16.3 Å². The third kappa shape index (κ3) is 2.64. The van der Waals surface area contributed by atoms with E-state index in [4.69, 9.17) is 0 Å². The fraction of sp³-hybridized carbons (Fsp3) is 0.0667. The van der Waals surface area contributed by atoms with Gasteiger partial charge in [0.2, 0.25) is 10.8 Å². The van der Waals surface area contributed by atoms with Gasteiger partial charge in [-0.3, -0.25) is 4.98 Å². The molecule has 0 bridgehead atoms. The second kappa shape index (κ2) is 5.59. The Morgan fingerprint density at radius 1 is 1.00 bits per heavy atom. The molecule has 126 valence electrons. The van der Waals surface area contributed by atoms with Crippen LogP contribution < -0.4 is 0 Å². The molecule has 0 aliphatic heterocycles. The van der Waals surface area contributed by atoms with Crippen molar-refractivity contribution in [2.75, 3.05) is 0 Å². The van der Waals surface area contributed by atoms with Crippen molar-refractivity contribution in [3.05, 3.63) is 54.0 Å². The average molecular weight is 365 g/mol. The predicted molar refractivity (Wildman–Crippen MR) is 82.3 cm³/mol. The third-order valence-electron chi connectivity index (χ3n) is 3.42. The molecule has 3 heterocycles. The first kappa shape index (κ1) is 15.6. The standard InChI is InChI=1S/C15H7F4N5S/c16-11-8(4-3-5-9(11)15(17,18)19)13-23-24-12(21-22-14(24)25-13)10-6-1-2-7-20-10/h1-7H. The van der Waals surface area contributed by atoms with Gasteiger partial charge in [0.15, 0.2) is 5.01 Å². The van der Waals surface area contributed by atoms with Crippen LogP contribution in [0.25, 0.3) is 27.1 Å². The van der Waals surface area contributed by atoms with Gasteiger partial charge in [0.1, 0.15) is 11.5 Å². The average Bonchev–Trinajstić information content (AvgIpc) is 3.15. The van der Waals surface area contributed by atoms with E-state index in [1.165, 1.54) is 10.6 Å². The van der Waals surface area contributed by atoms with Crippen molar-refractivity contribution in [2.24, 2.45) is 0 Å². The van der Waals surface area contributed by atoms with E-state index in [1.54, 1.807) is 24.4 Å². The molecule has 0 amide bonds. The Kier molecular flexibility index (Phi) is 3.49. The van der Waals surface area contributed by atoms with Gasteiger partial charge in [-0.1, -0.05) is 23.5 Å². The van der Waals surface area contributed by atoms with Crippen molar-refractivity contribution in [3.63, 3.8) is 0 Å². The molecule has 4 aromatic rings. The largest absolute Gasteiger partial charge is 0.419 e. The molecule has 0 aliphatic carbocycles. The monoisotopic (exact) mass is 365 g/mol. The van der Waals surface area contributed by atoms with E-state index in [0.29, 0.717) is 22.5 Å². The van der Waals surface area contributed by atoms with Crippen LogP contribution in [0.15, 0.2) is 42.6 Å². The molecular formula is C15H7F4N5S. The maximum absolute atomic E-state index is 14.3. The molecule has 5 nitrogen and oxygen atoms in total. The molecule has 4 rings (SSSR count). The van der Waals surface area contributed by atoms with Crippen LogP contribution >= 0.6 is 11.3 Å². The molecule has 10 heteroatoms. The zero-order valence-electron chi connectivity index (χ0n) is 12.2. The van der Waals surface area contributed by atoms with Gasteiger partial charge in [0, 0.05) is 11.8 Å². The van der Waals surface area contributed by atoms with Gasteiger partial charge < -0.3 is 0 Å². The predicted octanol–water partition coefficient (Wildman–Crippen LogP) is 4.07. The zero-order valence-corrected chi connectivity index (χ0v) is 13.0. The highest BCUT2D eigenvalue weighted by Gasteiger charge is 2.35. The van der Waals surface area contributed by atoms with E-state index >= 15 is 0 Å². The topological polar surface area (TPSA) is 56.0 Å². The molecule has 0 saturated heterocycles. The van der Waals surface area contributed by atoms with Crippen molar-refractivity contribution in [3.8, 4) is 22.1 Å². The first-order valence-corrected chi connectivity index (χ1v) is 7.76. The summed E-state index contributed by atoms with van der Waals surface area (Å²) in [7, 11) is 0. The van der Waals surface area contributed by atoms with Gasteiger partial charge in [-0.15, -0.1) is 10.2 Å². The molecule has 0 fully saturated rings. The number of halogens is 4. The Labute approximate surface area is 141 Å². The molecule has 3 aromatic heterocycles. The molecule has 0 unspecified atom stereocenters. The lowest BCUT2D eigenvalue weighted by molar-refractivity contribution is -0.139. The Hall–Kier alpha value is -2.88. The van der Waals surface area contributed by atoms with E-state index in [-0.39, 0.29) is 10.6 Å². The number of alkyl halides is 3. The van der Waals surface area contributed by atoms with Gasteiger partial charge in [-0.25, -0.2) is 4.39 Å². The Balaban J connectivity index is 1.86. The smallest absolute Gasteiger partial charge is 0.253 e. The Bertz CT molecular complexity index is 1050. The summed E-state index contributed by atoms with van der Waals surface area (Å²) in [5, 5.41) is 12.1. The fourth-order valence-electron chi connectivity index (χ4n) is 2.30. The summed E-state index contributed by atoms with van der Waals surface area (Å²) in [4.78, 5) is 4.46. The summed E-state index contributed by atoms with van der Waals surface area (Å²) in [6.45, 7) is 0. The van der Waals surface area contributed by atoms with Gasteiger partial charge in [0.25, 0.3) is 0 Å². The Morgan fingerprint density at radius 3 is 2.56 bits per heavy atom. The molecule has 0 N–H and O–H groups in total. The van der Waals surface area contributed by atoms with Crippen LogP contribution in [0.1, 0.15) is 5.56 Å². The maximum atomic E-state index is 14.3. The summed E-state index contributed by atoms with van der Waals surface area (Å²) >= 11 is 0.942. The van der Waals surface area contributed by atoms with Gasteiger partial charge >= 0.3 is 6.18 Å². The van der Waals surface area contributed by atoms with Crippen LogP contribution in [0.3, 0.4) is 0 Å². The molecular weight excluding hydrogens is 358 g/mol. The Morgan fingerprint density at radius 2 is 1.84 bits per heavy atom. The van der Waals surface area contributed by atoms with E-state index in [0.717, 1.165) is 17.4 Å². The number of hydrogen-bond acceptors (Lipinski definition) is 5. The number of fused-ring (bicyclic) bond motifs is 1. The van der Waals surface area contributed by atoms with Crippen molar-refractivity contribution in [1.82, 2.24) is 24.8 Å². The first-order valence-electron chi connectivity index (χ1n) is 6.95. The van der Waals surface area contributed by atoms with E-state index in [2.05, 4.69) is 20.3 Å². The minimum absolute atomic E-state index is 0.0747. The van der Waals surface area contributed by atoms with Crippen LogP contribution in [0.4, 0.5) is 17.6 Å². The zero-order chi connectivity index (χ0) is 17.6. The number of pyridine rings is 1. The normalized spacial score (nSPS) is 12.0. The maximum Gasteiger partial charge on any atom is 0.419 e. The number of aromatic nitrogens is 5. The lowest BCUT2D eigenvalue weighted by Gasteiger charge is -2.09. The van der Waals surface area contributed by atoms with Gasteiger partial charge in [-0.05, 0) is 24.3 Å². The number of benzene rings is 1. The number of hydrogen-bond donors (Lipinski definition) is 0. The first-order chi connectivity index (χ1) is 11.9. The molecule has 0 atom stereocenters. The van der Waals surface area contributed by atoms with E-state index in [1.807, 2.05) is 0 Å². The molecule has 0 radical (unpaired) electrons. The summed E-state index contributed by atoms with van der Waals surface area (Å²) in [6, 6.07) is 8.26. The van der Waals surface area contributed by atoms with Crippen molar-refractivity contribution in [1.29, 1.82) is 0 Å². The van der Waals surface area contributed by atoms with Gasteiger partial charge in [-0.2, -0.15) is 22.8 Å². The van der Waals surface area contributed by atoms with E-state index in [9.17, 15) is 17.6 Å². The minimum Gasteiger partial charge on any atom is -0.253 e. The SMILES string of the molecule is Fc1c(-c2nn3c(-c4ccccn4)nnc3s2)cccc1C(F)(F)F. The van der Waals surface area contributed by atoms with Crippen LogP contribution in [0, 0.1) is 5.82 Å². The quantitative estimate of drug-likeness (QED) is 0.503. The fourth-order valence-corrected chi connectivity index (χ4v) is 3.16. The summed E-state index contributed by atoms with van der Waals surface area (Å²) in [6.07, 6.45) is -3.21. The van der Waals surface area contributed by atoms with Crippen LogP contribution in [-0.2, 0) is 6.18 Å². The molecule has 25 heavy (non-hydrogen) atoms. The van der Waals surface area contributed by atoms with Crippen LogP contribution in [0.5, 0.6) is 0 Å². The molecule has 1 aromatic carbocycles. The number of nitrogens with zero attached hydrogens (tertiary/aromatic N) is 5. The second-order valence-corrected chi connectivity index (χ2v) is 5.96. The van der Waals surface area contributed by atoms with Gasteiger partial charge in [0.05, 0.1) is 5.56 Å². The lowest BCUT2D eigenvalue weighted by atomic mass is 10.1. The highest BCUT2D eigenvalue weighted by atomic mass is 32.1. The highest BCUT2D eigenvalue weighted by molar-refractivity contribution is 7.19. The van der Waals surface area contributed by atoms with E-state index < -0.39 is 17.6 Å². The summed E-state index contributed by atoms with van der Waals surface area (Å²) in [5.74, 6) is -1.04. The molecule has 0 saturated carbocycles. The van der Waals surface area contributed by atoms with Crippen molar-refractivity contribution in [2.45, 2.75) is 6.18 Å². The second-order valence-electron chi connectivity index (χ2n) is 5.01. The number of rotatable bonds is 2. The highest BCUT2D eigenvalue weighted by Crippen LogP contribution is 2.36.